The molecule has 0 aromatic heterocycles. The second kappa shape index (κ2) is 7.79. The van der Waals surface area contributed by atoms with Crippen molar-refractivity contribution in [3.8, 4) is 0 Å². The van der Waals surface area contributed by atoms with Crippen LogP contribution in [0.15, 0.2) is 29.2 Å². The van der Waals surface area contributed by atoms with Crippen LogP contribution in [0.2, 0.25) is 0 Å². The van der Waals surface area contributed by atoms with Crippen LogP contribution in [0.1, 0.15) is 48.9 Å². The zero-order valence-corrected chi connectivity index (χ0v) is 15.7. The lowest BCUT2D eigenvalue weighted by Gasteiger charge is -2.43. The molecular formula is C18H23F3N2O3S. The molecule has 1 saturated carbocycles. The lowest BCUT2D eigenvalue weighted by Crippen LogP contribution is -2.49. The second-order valence-electron chi connectivity index (χ2n) is 7.19. The Morgan fingerprint density at radius 3 is 2.37 bits per heavy atom. The van der Waals surface area contributed by atoms with Crippen LogP contribution in [0.25, 0.3) is 0 Å². The number of carbonyl (C=O) groups is 1. The highest BCUT2D eigenvalue weighted by Gasteiger charge is 2.39. The van der Waals surface area contributed by atoms with Crippen molar-refractivity contribution in [2.45, 2.75) is 55.6 Å². The van der Waals surface area contributed by atoms with Gasteiger partial charge in [-0.25, -0.2) is 8.42 Å². The Morgan fingerprint density at radius 2 is 1.70 bits per heavy atom. The molecule has 2 fully saturated rings. The SMILES string of the molecule is O=C(NCC(F)(F)F)c1ccc(S(=O)(=O)N2CCCC3CCCCC32)cc1. The first-order valence-electron chi connectivity index (χ1n) is 9.15. The van der Waals surface area contributed by atoms with Crippen molar-refractivity contribution >= 4 is 15.9 Å². The van der Waals surface area contributed by atoms with E-state index in [9.17, 15) is 26.4 Å². The lowest BCUT2D eigenvalue weighted by molar-refractivity contribution is -0.123. The molecule has 1 aromatic carbocycles. The van der Waals surface area contributed by atoms with Crippen molar-refractivity contribution in [3.63, 3.8) is 0 Å². The van der Waals surface area contributed by atoms with Gasteiger partial charge in [0.1, 0.15) is 6.54 Å². The molecule has 150 valence electrons. The second-order valence-corrected chi connectivity index (χ2v) is 9.08. The summed E-state index contributed by atoms with van der Waals surface area (Å²) in [5, 5.41) is 1.77. The number of fused-ring (bicyclic) bond motifs is 1. The summed E-state index contributed by atoms with van der Waals surface area (Å²) in [7, 11) is -3.69. The van der Waals surface area contributed by atoms with Crippen molar-refractivity contribution in [2.75, 3.05) is 13.1 Å². The fourth-order valence-electron chi connectivity index (χ4n) is 4.07. The van der Waals surface area contributed by atoms with E-state index in [-0.39, 0.29) is 16.5 Å². The number of sulfonamides is 1. The van der Waals surface area contributed by atoms with Crippen molar-refractivity contribution < 1.29 is 26.4 Å². The molecule has 0 radical (unpaired) electrons. The average molecular weight is 404 g/mol. The quantitative estimate of drug-likeness (QED) is 0.837. The fraction of sp³-hybridized carbons (Fsp3) is 0.611. The topological polar surface area (TPSA) is 66.5 Å². The van der Waals surface area contributed by atoms with E-state index < -0.39 is 28.7 Å². The highest BCUT2D eigenvalue weighted by molar-refractivity contribution is 7.89. The Kier molecular flexibility index (Phi) is 5.81. The number of halogens is 3. The highest BCUT2D eigenvalue weighted by atomic mass is 32.2. The van der Waals surface area contributed by atoms with Gasteiger partial charge in [-0.05, 0) is 55.9 Å². The van der Waals surface area contributed by atoms with Crippen molar-refractivity contribution in [2.24, 2.45) is 5.92 Å². The van der Waals surface area contributed by atoms with E-state index in [1.165, 1.54) is 24.3 Å². The van der Waals surface area contributed by atoms with Crippen LogP contribution in [0, 0.1) is 5.92 Å². The first kappa shape index (κ1) is 20.1. The van der Waals surface area contributed by atoms with E-state index >= 15 is 0 Å². The van der Waals surface area contributed by atoms with Gasteiger partial charge < -0.3 is 5.32 Å². The predicted molar refractivity (Wildman–Crippen MR) is 93.7 cm³/mol. The molecule has 1 N–H and O–H groups in total. The normalized spacial score (nSPS) is 24.3. The third-order valence-corrected chi connectivity index (χ3v) is 7.30. The van der Waals surface area contributed by atoms with Crippen LogP contribution in [0.3, 0.4) is 0 Å². The molecule has 1 aromatic rings. The molecule has 27 heavy (non-hydrogen) atoms. The number of carbonyl (C=O) groups excluding carboxylic acids is 1. The smallest absolute Gasteiger partial charge is 0.343 e. The predicted octanol–water partition coefficient (Wildman–Crippen LogP) is 3.32. The Bertz CT molecular complexity index is 776. The summed E-state index contributed by atoms with van der Waals surface area (Å²) in [6, 6.07) is 5.11. The van der Waals surface area contributed by atoms with Gasteiger partial charge in [-0.1, -0.05) is 12.8 Å². The number of piperidine rings is 1. The molecule has 1 aliphatic carbocycles. The molecule has 2 unspecified atom stereocenters. The number of alkyl halides is 3. The number of nitrogens with one attached hydrogen (secondary N) is 1. The minimum atomic E-state index is -4.50. The molecule has 2 aliphatic rings. The standard InChI is InChI=1S/C18H23F3N2O3S/c19-18(20,21)12-22-17(24)14-7-9-15(10-8-14)27(25,26)23-11-3-5-13-4-1-2-6-16(13)23/h7-10,13,16H,1-6,11-12H2,(H,22,24). The Morgan fingerprint density at radius 1 is 1.07 bits per heavy atom. The minimum Gasteiger partial charge on any atom is -0.343 e. The molecule has 1 aliphatic heterocycles. The molecule has 2 atom stereocenters. The summed E-state index contributed by atoms with van der Waals surface area (Å²) >= 11 is 0. The van der Waals surface area contributed by atoms with Gasteiger partial charge in [-0.15, -0.1) is 0 Å². The number of benzene rings is 1. The van der Waals surface area contributed by atoms with Gasteiger partial charge in [-0.2, -0.15) is 17.5 Å². The van der Waals surface area contributed by atoms with Gasteiger partial charge in [0.15, 0.2) is 0 Å². The molecule has 3 rings (SSSR count). The monoisotopic (exact) mass is 404 g/mol. The van der Waals surface area contributed by atoms with Crippen LogP contribution in [0.5, 0.6) is 0 Å². The van der Waals surface area contributed by atoms with Gasteiger partial charge >= 0.3 is 6.18 Å². The summed E-state index contributed by atoms with van der Waals surface area (Å²) in [5.41, 5.74) is -0.00705. The zero-order valence-electron chi connectivity index (χ0n) is 14.8. The Balaban J connectivity index is 1.74. The number of nitrogens with zero attached hydrogens (tertiary/aromatic N) is 1. The Hall–Kier alpha value is -1.61. The van der Waals surface area contributed by atoms with Crippen LogP contribution in [0.4, 0.5) is 13.2 Å². The number of hydrogen-bond donors (Lipinski definition) is 1. The maximum atomic E-state index is 13.1. The van der Waals surface area contributed by atoms with Crippen LogP contribution < -0.4 is 5.32 Å². The molecule has 1 saturated heterocycles. The summed E-state index contributed by atoms with van der Waals surface area (Å²) in [6.07, 6.45) is 1.45. The zero-order chi connectivity index (χ0) is 19.7. The van der Waals surface area contributed by atoms with Gasteiger partial charge in [0, 0.05) is 18.2 Å². The third-order valence-electron chi connectivity index (χ3n) is 5.36. The van der Waals surface area contributed by atoms with E-state index in [1.807, 2.05) is 0 Å². The van der Waals surface area contributed by atoms with Crippen LogP contribution in [-0.2, 0) is 10.0 Å². The molecule has 0 spiro atoms. The van der Waals surface area contributed by atoms with E-state index in [0.29, 0.717) is 12.5 Å². The molecule has 0 bridgehead atoms. The summed E-state index contributed by atoms with van der Waals surface area (Å²) in [4.78, 5) is 11.8. The van der Waals surface area contributed by atoms with E-state index in [2.05, 4.69) is 0 Å². The molecule has 5 nitrogen and oxygen atoms in total. The molecular weight excluding hydrogens is 381 g/mol. The third kappa shape index (κ3) is 4.63. The summed E-state index contributed by atoms with van der Waals surface area (Å²) < 4.78 is 64.3. The van der Waals surface area contributed by atoms with Crippen LogP contribution in [-0.4, -0.2) is 43.9 Å². The van der Waals surface area contributed by atoms with Gasteiger partial charge in [-0.3, -0.25) is 4.79 Å². The van der Waals surface area contributed by atoms with E-state index in [0.717, 1.165) is 38.5 Å². The molecule has 1 heterocycles. The molecule has 9 heteroatoms. The number of hydrogen-bond acceptors (Lipinski definition) is 3. The maximum Gasteiger partial charge on any atom is 0.405 e. The first-order valence-corrected chi connectivity index (χ1v) is 10.6. The van der Waals surface area contributed by atoms with Crippen LogP contribution >= 0.6 is 0 Å². The van der Waals surface area contributed by atoms with Gasteiger partial charge in [0.05, 0.1) is 4.90 Å². The fourth-order valence-corrected chi connectivity index (χ4v) is 5.83. The largest absolute Gasteiger partial charge is 0.405 e. The highest BCUT2D eigenvalue weighted by Crippen LogP contribution is 2.38. The van der Waals surface area contributed by atoms with Crippen molar-refractivity contribution in [1.29, 1.82) is 0 Å². The first-order chi connectivity index (χ1) is 12.7. The minimum absolute atomic E-state index is 0.00705. The average Bonchev–Trinajstić information content (AvgIpc) is 2.65. The summed E-state index contributed by atoms with van der Waals surface area (Å²) in [6.45, 7) is -0.944. The van der Waals surface area contributed by atoms with Crippen molar-refractivity contribution in [3.05, 3.63) is 29.8 Å². The van der Waals surface area contributed by atoms with E-state index in [4.69, 9.17) is 0 Å². The Labute approximate surface area is 157 Å². The van der Waals surface area contributed by atoms with Gasteiger partial charge in [0.25, 0.3) is 5.91 Å². The summed E-state index contributed by atoms with van der Waals surface area (Å²) in [5.74, 6) is -0.490. The van der Waals surface area contributed by atoms with Gasteiger partial charge in [0.2, 0.25) is 10.0 Å². The molecule has 1 amide bonds. The van der Waals surface area contributed by atoms with Crippen molar-refractivity contribution in [1.82, 2.24) is 9.62 Å². The lowest BCUT2D eigenvalue weighted by atomic mass is 9.79. The van der Waals surface area contributed by atoms with E-state index in [1.54, 1.807) is 9.62 Å². The number of rotatable bonds is 4. The number of amides is 1. The maximum absolute atomic E-state index is 13.1.